The molecule has 0 bridgehead atoms. The smallest absolute Gasteiger partial charge is 0.267 e. The number of aryl methyl sites for hydroxylation is 4. The summed E-state index contributed by atoms with van der Waals surface area (Å²) in [5, 5.41) is 0.650. The van der Waals surface area contributed by atoms with E-state index in [4.69, 9.17) is 0 Å². The maximum atomic E-state index is 13.8. The quantitative estimate of drug-likeness (QED) is 0.364. The SMILES string of the molecule is CCc1ccc(C)nc1N1C(=O)c2ccc3c4c(ccc(c24)C1=O)C(=O)N(c1nc(C)ccc1CC)C3=O. The third-order valence-electron chi connectivity index (χ3n) is 7.27. The van der Waals surface area contributed by atoms with Crippen LogP contribution in [0.1, 0.15) is 77.8 Å². The Labute approximate surface area is 218 Å². The normalized spacial score (nSPS) is 14.6. The number of anilines is 2. The molecule has 6 rings (SSSR count). The van der Waals surface area contributed by atoms with Crippen LogP contribution in [0, 0.1) is 13.8 Å². The lowest BCUT2D eigenvalue weighted by Gasteiger charge is -2.32. The zero-order valence-corrected chi connectivity index (χ0v) is 21.5. The maximum absolute atomic E-state index is 13.8. The summed E-state index contributed by atoms with van der Waals surface area (Å²) in [6.45, 7) is 7.47. The number of rotatable bonds is 4. The van der Waals surface area contributed by atoms with Gasteiger partial charge in [0.05, 0.1) is 0 Å². The molecule has 0 spiro atoms. The number of benzene rings is 2. The first-order valence-electron chi connectivity index (χ1n) is 12.6. The molecule has 2 aromatic heterocycles. The Morgan fingerprint density at radius 3 is 1.13 bits per heavy atom. The highest BCUT2D eigenvalue weighted by Gasteiger charge is 2.42. The Bertz CT molecular complexity index is 1560. The lowest BCUT2D eigenvalue weighted by atomic mass is 9.85. The molecule has 4 amide bonds. The summed E-state index contributed by atoms with van der Waals surface area (Å²) in [5.41, 5.74) is 3.91. The highest BCUT2D eigenvalue weighted by atomic mass is 16.2. The molecule has 0 N–H and O–H groups in total. The lowest BCUT2D eigenvalue weighted by Crippen LogP contribution is -2.44. The van der Waals surface area contributed by atoms with Gasteiger partial charge in [0.2, 0.25) is 0 Å². The minimum Gasteiger partial charge on any atom is -0.268 e. The molecule has 0 fully saturated rings. The van der Waals surface area contributed by atoms with Crippen molar-refractivity contribution < 1.29 is 19.2 Å². The van der Waals surface area contributed by atoms with Gasteiger partial charge >= 0.3 is 0 Å². The molecule has 0 atom stereocenters. The summed E-state index contributed by atoms with van der Waals surface area (Å²) in [7, 11) is 0. The van der Waals surface area contributed by atoms with Crippen molar-refractivity contribution >= 4 is 46.0 Å². The van der Waals surface area contributed by atoms with Gasteiger partial charge in [-0.05, 0) is 74.2 Å². The van der Waals surface area contributed by atoms with Gasteiger partial charge in [0.25, 0.3) is 23.6 Å². The number of hydrogen-bond acceptors (Lipinski definition) is 6. The molecular formula is C30H24N4O4. The van der Waals surface area contributed by atoms with Gasteiger partial charge in [-0.3, -0.25) is 19.2 Å². The van der Waals surface area contributed by atoms with Crippen LogP contribution < -0.4 is 9.80 Å². The predicted molar refractivity (Wildman–Crippen MR) is 143 cm³/mol. The van der Waals surface area contributed by atoms with Crippen molar-refractivity contribution in [2.75, 3.05) is 9.80 Å². The summed E-state index contributed by atoms with van der Waals surface area (Å²) in [4.78, 5) is 66.3. The topological polar surface area (TPSA) is 101 Å². The number of carbonyl (C=O) groups excluding carboxylic acids is 4. The van der Waals surface area contributed by atoms with Crippen LogP contribution in [-0.2, 0) is 12.8 Å². The van der Waals surface area contributed by atoms with Gasteiger partial charge in [-0.25, -0.2) is 19.8 Å². The molecule has 0 saturated carbocycles. The van der Waals surface area contributed by atoms with E-state index in [-0.39, 0.29) is 22.3 Å². The fourth-order valence-corrected chi connectivity index (χ4v) is 5.34. The number of imide groups is 2. The van der Waals surface area contributed by atoms with E-state index in [1.165, 1.54) is 0 Å². The van der Waals surface area contributed by atoms with Crippen LogP contribution in [0.25, 0.3) is 10.8 Å². The zero-order chi connectivity index (χ0) is 26.9. The predicted octanol–water partition coefficient (Wildman–Crippen LogP) is 4.97. The highest BCUT2D eigenvalue weighted by molar-refractivity contribution is 6.42. The Hall–Kier alpha value is -4.72. The van der Waals surface area contributed by atoms with Crippen LogP contribution >= 0.6 is 0 Å². The summed E-state index contributed by atoms with van der Waals surface area (Å²) < 4.78 is 0. The molecule has 4 aromatic rings. The molecule has 4 heterocycles. The van der Waals surface area contributed by atoms with Gasteiger partial charge in [-0.2, -0.15) is 0 Å². The average molecular weight is 505 g/mol. The fraction of sp³-hybridized carbons (Fsp3) is 0.200. The first-order valence-corrected chi connectivity index (χ1v) is 12.6. The Morgan fingerprint density at radius 2 is 0.842 bits per heavy atom. The van der Waals surface area contributed by atoms with Crippen LogP contribution in [0.5, 0.6) is 0 Å². The molecule has 8 nitrogen and oxygen atoms in total. The van der Waals surface area contributed by atoms with E-state index < -0.39 is 23.6 Å². The number of pyridine rings is 2. The van der Waals surface area contributed by atoms with Crippen molar-refractivity contribution in [3.8, 4) is 0 Å². The third kappa shape index (κ3) is 3.16. The van der Waals surface area contributed by atoms with E-state index in [0.29, 0.717) is 46.6 Å². The largest absolute Gasteiger partial charge is 0.268 e. The standard InChI is InChI=1S/C30H24N4O4/c1-5-17-9-7-15(3)31-25(17)33-27(35)19-11-13-21-24-22(14-12-20(23(19)24)28(33)36)30(38)34(29(21)37)26-18(6-2)10-8-16(4)32-26/h7-14H,5-6H2,1-4H3. The van der Waals surface area contributed by atoms with Gasteiger partial charge in [-0.15, -0.1) is 0 Å². The molecular weight excluding hydrogens is 480 g/mol. The van der Waals surface area contributed by atoms with Gasteiger partial charge < -0.3 is 0 Å². The van der Waals surface area contributed by atoms with Crippen molar-refractivity contribution in [2.24, 2.45) is 0 Å². The molecule has 0 unspecified atom stereocenters. The number of nitrogens with zero attached hydrogens (tertiary/aromatic N) is 4. The van der Waals surface area contributed by atoms with E-state index in [1.54, 1.807) is 38.1 Å². The Balaban J connectivity index is 1.56. The molecule has 0 saturated heterocycles. The molecule has 2 aliphatic heterocycles. The molecule has 2 aliphatic rings. The van der Waals surface area contributed by atoms with Gasteiger partial charge in [-0.1, -0.05) is 26.0 Å². The highest BCUT2D eigenvalue weighted by Crippen LogP contribution is 2.40. The summed E-state index contributed by atoms with van der Waals surface area (Å²) >= 11 is 0. The molecule has 0 aliphatic carbocycles. The van der Waals surface area contributed by atoms with E-state index in [2.05, 4.69) is 9.97 Å². The van der Waals surface area contributed by atoms with Crippen LogP contribution in [0.2, 0.25) is 0 Å². The second-order valence-corrected chi connectivity index (χ2v) is 9.54. The van der Waals surface area contributed by atoms with E-state index in [1.807, 2.05) is 38.1 Å². The van der Waals surface area contributed by atoms with E-state index in [9.17, 15) is 19.2 Å². The molecule has 2 aromatic carbocycles. The summed E-state index contributed by atoms with van der Waals surface area (Å²) in [6.07, 6.45) is 1.18. The Morgan fingerprint density at radius 1 is 0.526 bits per heavy atom. The Kier molecular flexibility index (Phi) is 5.24. The minimum absolute atomic E-state index is 0.252. The zero-order valence-electron chi connectivity index (χ0n) is 21.5. The molecule has 0 radical (unpaired) electrons. The van der Waals surface area contributed by atoms with Crippen LogP contribution in [0.4, 0.5) is 11.6 Å². The van der Waals surface area contributed by atoms with Crippen molar-refractivity contribution in [2.45, 2.75) is 40.5 Å². The van der Waals surface area contributed by atoms with Crippen molar-refractivity contribution in [1.29, 1.82) is 0 Å². The monoisotopic (exact) mass is 504 g/mol. The van der Waals surface area contributed by atoms with Crippen molar-refractivity contribution in [1.82, 2.24) is 9.97 Å². The maximum Gasteiger partial charge on any atom is 0.267 e. The first kappa shape index (κ1) is 23.7. The van der Waals surface area contributed by atoms with Crippen LogP contribution in [0.3, 0.4) is 0 Å². The fourth-order valence-electron chi connectivity index (χ4n) is 5.34. The average Bonchev–Trinajstić information content (AvgIpc) is 2.91. The van der Waals surface area contributed by atoms with Gasteiger partial charge in [0.1, 0.15) is 11.6 Å². The second-order valence-electron chi connectivity index (χ2n) is 9.54. The molecule has 8 heteroatoms. The van der Waals surface area contributed by atoms with Crippen molar-refractivity contribution in [3.05, 3.63) is 93.3 Å². The van der Waals surface area contributed by atoms with Gasteiger partial charge in [0, 0.05) is 44.4 Å². The van der Waals surface area contributed by atoms with Crippen LogP contribution in [0.15, 0.2) is 48.5 Å². The van der Waals surface area contributed by atoms with E-state index in [0.717, 1.165) is 20.9 Å². The molecule has 38 heavy (non-hydrogen) atoms. The van der Waals surface area contributed by atoms with Gasteiger partial charge in [0.15, 0.2) is 0 Å². The minimum atomic E-state index is -0.532. The summed E-state index contributed by atoms with van der Waals surface area (Å²) in [5.74, 6) is -1.52. The number of amides is 4. The molecule has 188 valence electrons. The number of hydrogen-bond donors (Lipinski definition) is 0. The van der Waals surface area contributed by atoms with Crippen molar-refractivity contribution in [3.63, 3.8) is 0 Å². The number of carbonyl (C=O) groups is 4. The number of aromatic nitrogens is 2. The first-order chi connectivity index (χ1) is 18.3. The summed E-state index contributed by atoms with van der Waals surface area (Å²) in [6, 6.07) is 13.7. The van der Waals surface area contributed by atoms with E-state index >= 15 is 0 Å². The lowest BCUT2D eigenvalue weighted by molar-refractivity contribution is 0.0871. The second kappa shape index (κ2) is 8.41. The third-order valence-corrected chi connectivity index (χ3v) is 7.27. The van der Waals surface area contributed by atoms with Crippen LogP contribution in [-0.4, -0.2) is 33.6 Å².